The van der Waals surface area contributed by atoms with Crippen LogP contribution in [0.2, 0.25) is 0 Å². The number of carbonyl (C=O) groups is 1. The predicted molar refractivity (Wildman–Crippen MR) is 69.4 cm³/mol. The van der Waals surface area contributed by atoms with Gasteiger partial charge in [-0.05, 0) is 19.1 Å². The molecule has 0 aliphatic rings. The summed E-state index contributed by atoms with van der Waals surface area (Å²) in [6, 6.07) is 7.03. The summed E-state index contributed by atoms with van der Waals surface area (Å²) in [7, 11) is 1.57. The Hall–Kier alpha value is -2.57. The van der Waals surface area contributed by atoms with Gasteiger partial charge in [0.2, 0.25) is 5.89 Å². The normalized spacial score (nSPS) is 10.1. The van der Waals surface area contributed by atoms with Crippen LogP contribution < -0.4 is 14.8 Å². The fraction of sp³-hybridized carbons (Fsp3) is 0.308. The molecule has 0 fully saturated rings. The zero-order valence-corrected chi connectivity index (χ0v) is 11.3. The van der Waals surface area contributed by atoms with Gasteiger partial charge in [-0.25, -0.2) is 0 Å². The minimum Gasteiger partial charge on any atom is -0.497 e. The van der Waals surface area contributed by atoms with Crippen LogP contribution in [0.5, 0.6) is 11.5 Å². The summed E-state index contributed by atoms with van der Waals surface area (Å²) in [5, 5.41) is 6.24. The lowest BCUT2D eigenvalue weighted by Crippen LogP contribution is -2.28. The van der Waals surface area contributed by atoms with Crippen LogP contribution in [-0.4, -0.2) is 29.8 Å². The Balaban J connectivity index is 1.77. The molecule has 1 amide bonds. The van der Waals surface area contributed by atoms with Crippen molar-refractivity contribution in [1.82, 2.24) is 15.5 Å². The van der Waals surface area contributed by atoms with Crippen molar-refractivity contribution < 1.29 is 18.8 Å². The fourth-order valence-corrected chi connectivity index (χ4v) is 1.48. The third kappa shape index (κ3) is 3.98. The SMILES string of the molecule is COc1cccc(OCC(=O)NCc2nc(C)no2)c1. The van der Waals surface area contributed by atoms with E-state index in [0.717, 1.165) is 0 Å². The quantitative estimate of drug-likeness (QED) is 0.850. The van der Waals surface area contributed by atoms with E-state index in [-0.39, 0.29) is 19.1 Å². The Bertz CT molecular complexity index is 583. The van der Waals surface area contributed by atoms with E-state index in [1.807, 2.05) is 0 Å². The first kappa shape index (κ1) is 13.9. The van der Waals surface area contributed by atoms with Crippen molar-refractivity contribution in [2.24, 2.45) is 0 Å². The first-order valence-corrected chi connectivity index (χ1v) is 6.00. The average molecular weight is 277 g/mol. The molecule has 0 spiro atoms. The molecule has 0 saturated heterocycles. The van der Waals surface area contributed by atoms with Crippen molar-refractivity contribution in [3.63, 3.8) is 0 Å². The van der Waals surface area contributed by atoms with E-state index in [0.29, 0.717) is 23.2 Å². The van der Waals surface area contributed by atoms with Gasteiger partial charge in [0.15, 0.2) is 12.4 Å². The van der Waals surface area contributed by atoms with E-state index in [2.05, 4.69) is 15.5 Å². The highest BCUT2D eigenvalue weighted by molar-refractivity contribution is 5.77. The average Bonchev–Trinajstić information content (AvgIpc) is 2.89. The maximum atomic E-state index is 11.6. The molecule has 1 aromatic heterocycles. The number of carbonyl (C=O) groups excluding carboxylic acids is 1. The van der Waals surface area contributed by atoms with Crippen LogP contribution in [0.25, 0.3) is 0 Å². The Kier molecular flexibility index (Phi) is 4.54. The monoisotopic (exact) mass is 277 g/mol. The van der Waals surface area contributed by atoms with Gasteiger partial charge in [-0.3, -0.25) is 4.79 Å². The second-order valence-electron chi connectivity index (χ2n) is 3.98. The van der Waals surface area contributed by atoms with Gasteiger partial charge in [-0.1, -0.05) is 11.2 Å². The van der Waals surface area contributed by atoms with Gasteiger partial charge in [0.25, 0.3) is 5.91 Å². The third-order valence-electron chi connectivity index (χ3n) is 2.42. The number of hydrogen-bond acceptors (Lipinski definition) is 6. The fourth-order valence-electron chi connectivity index (χ4n) is 1.48. The van der Waals surface area contributed by atoms with E-state index >= 15 is 0 Å². The summed E-state index contributed by atoms with van der Waals surface area (Å²) in [6.45, 7) is 1.79. The van der Waals surface area contributed by atoms with Crippen molar-refractivity contribution in [3.05, 3.63) is 36.0 Å². The molecule has 0 bridgehead atoms. The van der Waals surface area contributed by atoms with Gasteiger partial charge in [-0.15, -0.1) is 0 Å². The highest BCUT2D eigenvalue weighted by atomic mass is 16.5. The van der Waals surface area contributed by atoms with Crippen LogP contribution in [0, 0.1) is 6.92 Å². The molecule has 2 aromatic rings. The molecule has 106 valence electrons. The highest BCUT2D eigenvalue weighted by Crippen LogP contribution is 2.18. The summed E-state index contributed by atoms with van der Waals surface area (Å²) >= 11 is 0. The van der Waals surface area contributed by atoms with Crippen LogP contribution in [-0.2, 0) is 11.3 Å². The van der Waals surface area contributed by atoms with Crippen LogP contribution in [0.3, 0.4) is 0 Å². The highest BCUT2D eigenvalue weighted by Gasteiger charge is 2.07. The lowest BCUT2D eigenvalue weighted by molar-refractivity contribution is -0.123. The second-order valence-corrected chi connectivity index (χ2v) is 3.98. The molecule has 0 aliphatic heterocycles. The molecule has 0 saturated carbocycles. The maximum Gasteiger partial charge on any atom is 0.258 e. The van der Waals surface area contributed by atoms with Gasteiger partial charge < -0.3 is 19.3 Å². The maximum absolute atomic E-state index is 11.6. The number of methoxy groups -OCH3 is 1. The summed E-state index contributed by atoms with van der Waals surface area (Å²) in [4.78, 5) is 15.6. The number of aryl methyl sites for hydroxylation is 1. The minimum absolute atomic E-state index is 0.0969. The lowest BCUT2D eigenvalue weighted by Gasteiger charge is -2.07. The number of nitrogens with one attached hydrogen (secondary N) is 1. The molecule has 1 N–H and O–H groups in total. The third-order valence-corrected chi connectivity index (χ3v) is 2.42. The standard InChI is InChI=1S/C13H15N3O4/c1-9-15-13(20-16-9)7-14-12(17)8-19-11-5-3-4-10(6-11)18-2/h3-6H,7-8H2,1-2H3,(H,14,17). The van der Waals surface area contributed by atoms with Crippen molar-refractivity contribution >= 4 is 5.91 Å². The number of hydrogen-bond donors (Lipinski definition) is 1. The summed E-state index contributed by atoms with van der Waals surface area (Å²) < 4.78 is 15.3. The first-order valence-electron chi connectivity index (χ1n) is 6.00. The molecule has 0 aliphatic carbocycles. The van der Waals surface area contributed by atoms with Crippen molar-refractivity contribution in [2.45, 2.75) is 13.5 Å². The van der Waals surface area contributed by atoms with Crippen molar-refractivity contribution in [3.8, 4) is 11.5 Å². The number of rotatable bonds is 6. The Morgan fingerprint density at radius 3 is 2.90 bits per heavy atom. The van der Waals surface area contributed by atoms with E-state index in [1.54, 1.807) is 38.3 Å². The molecule has 1 heterocycles. The van der Waals surface area contributed by atoms with E-state index in [4.69, 9.17) is 14.0 Å². The molecule has 0 radical (unpaired) electrons. The minimum atomic E-state index is -0.274. The van der Waals surface area contributed by atoms with E-state index in [1.165, 1.54) is 0 Å². The van der Waals surface area contributed by atoms with Gasteiger partial charge in [0.05, 0.1) is 13.7 Å². The van der Waals surface area contributed by atoms with E-state index < -0.39 is 0 Å². The summed E-state index contributed by atoms with van der Waals surface area (Å²) in [5.74, 6) is 1.85. The van der Waals surface area contributed by atoms with Gasteiger partial charge >= 0.3 is 0 Å². The molecule has 0 atom stereocenters. The lowest BCUT2D eigenvalue weighted by atomic mass is 10.3. The molecular weight excluding hydrogens is 262 g/mol. The van der Waals surface area contributed by atoms with E-state index in [9.17, 15) is 4.79 Å². The molecule has 1 aromatic carbocycles. The van der Waals surface area contributed by atoms with Crippen LogP contribution in [0.1, 0.15) is 11.7 Å². The Labute approximate surface area is 115 Å². The van der Waals surface area contributed by atoms with Crippen LogP contribution in [0.15, 0.2) is 28.8 Å². The van der Waals surface area contributed by atoms with Crippen LogP contribution in [0.4, 0.5) is 0 Å². The number of nitrogens with zero attached hydrogens (tertiary/aromatic N) is 2. The van der Waals surface area contributed by atoms with Gasteiger partial charge in [-0.2, -0.15) is 4.98 Å². The first-order chi connectivity index (χ1) is 9.67. The van der Waals surface area contributed by atoms with Crippen molar-refractivity contribution in [1.29, 1.82) is 0 Å². The molecule has 7 nitrogen and oxygen atoms in total. The molecule has 7 heteroatoms. The summed E-state index contributed by atoms with van der Waals surface area (Å²) in [6.07, 6.45) is 0. The van der Waals surface area contributed by atoms with Gasteiger partial charge in [0.1, 0.15) is 11.5 Å². The Morgan fingerprint density at radius 2 is 2.20 bits per heavy atom. The Morgan fingerprint density at radius 1 is 1.40 bits per heavy atom. The topological polar surface area (TPSA) is 86.5 Å². The molecule has 2 rings (SSSR count). The number of amides is 1. The van der Waals surface area contributed by atoms with Gasteiger partial charge in [0, 0.05) is 6.07 Å². The van der Waals surface area contributed by atoms with Crippen LogP contribution >= 0.6 is 0 Å². The zero-order valence-electron chi connectivity index (χ0n) is 11.3. The molecular formula is C13H15N3O4. The molecule has 20 heavy (non-hydrogen) atoms. The second kappa shape index (κ2) is 6.55. The number of ether oxygens (including phenoxy) is 2. The predicted octanol–water partition coefficient (Wildman–Crippen LogP) is 1.08. The largest absolute Gasteiger partial charge is 0.497 e. The molecule has 0 unspecified atom stereocenters. The smallest absolute Gasteiger partial charge is 0.258 e. The zero-order chi connectivity index (χ0) is 14.4. The number of aromatic nitrogens is 2. The summed E-state index contributed by atoms with van der Waals surface area (Å²) in [5.41, 5.74) is 0. The van der Waals surface area contributed by atoms with Crippen molar-refractivity contribution in [2.75, 3.05) is 13.7 Å². The number of benzene rings is 1.